The van der Waals surface area contributed by atoms with Gasteiger partial charge in [-0.05, 0) is 69.1 Å². The number of H-pyrrole nitrogens is 1. The average Bonchev–Trinajstić information content (AvgIpc) is 3.19. The Morgan fingerprint density at radius 1 is 1.23 bits per heavy atom. The lowest BCUT2D eigenvalue weighted by Crippen LogP contribution is -2.46. The van der Waals surface area contributed by atoms with Gasteiger partial charge in [0.05, 0.1) is 0 Å². The van der Waals surface area contributed by atoms with Crippen LogP contribution in [0.2, 0.25) is 0 Å². The van der Waals surface area contributed by atoms with Gasteiger partial charge in [-0.25, -0.2) is 0 Å². The summed E-state index contributed by atoms with van der Waals surface area (Å²) < 4.78 is 1.91. The fourth-order valence-electron chi connectivity index (χ4n) is 4.27. The topological polar surface area (TPSA) is 71.0 Å². The van der Waals surface area contributed by atoms with Crippen LogP contribution in [0.1, 0.15) is 60.1 Å². The Hall–Kier alpha value is -2.37. The molecule has 1 fully saturated rings. The molecule has 1 aliphatic heterocycles. The highest BCUT2D eigenvalue weighted by Gasteiger charge is 2.29. The second kappa shape index (κ2) is 7.48. The van der Waals surface area contributed by atoms with Crippen molar-refractivity contribution in [1.29, 1.82) is 0 Å². The maximum atomic E-state index is 13.2. The molecule has 0 bridgehead atoms. The molecular formula is C20H26N4O2. The number of carbonyl (C=O) groups excluding carboxylic acids is 1. The van der Waals surface area contributed by atoms with Gasteiger partial charge < -0.3 is 9.88 Å². The normalized spacial score (nSPS) is 20.0. The molecule has 138 valence electrons. The average molecular weight is 354 g/mol. The smallest absolute Gasteiger partial charge is 0.261 e. The van der Waals surface area contributed by atoms with Crippen LogP contribution in [0.5, 0.6) is 0 Å². The van der Waals surface area contributed by atoms with E-state index in [1.54, 1.807) is 6.20 Å². The van der Waals surface area contributed by atoms with Gasteiger partial charge in [0.2, 0.25) is 0 Å². The first-order chi connectivity index (χ1) is 12.7. The third kappa shape index (κ3) is 3.45. The van der Waals surface area contributed by atoms with Crippen molar-refractivity contribution in [3.8, 4) is 0 Å². The van der Waals surface area contributed by atoms with E-state index in [-0.39, 0.29) is 17.5 Å². The van der Waals surface area contributed by atoms with Crippen molar-refractivity contribution >= 4 is 5.91 Å². The van der Waals surface area contributed by atoms with Crippen LogP contribution in [-0.2, 0) is 19.4 Å². The Bertz CT molecular complexity index is 825. The molecule has 0 unspecified atom stereocenters. The largest absolute Gasteiger partial charge is 0.335 e. The molecule has 2 aromatic rings. The summed E-state index contributed by atoms with van der Waals surface area (Å²) in [5.41, 5.74) is 2.25. The maximum Gasteiger partial charge on any atom is 0.261 e. The summed E-state index contributed by atoms with van der Waals surface area (Å²) >= 11 is 0. The first kappa shape index (κ1) is 17.1. The summed E-state index contributed by atoms with van der Waals surface area (Å²) in [6.45, 7) is 1.53. The van der Waals surface area contributed by atoms with Crippen LogP contribution in [0.15, 0.2) is 29.3 Å². The van der Waals surface area contributed by atoms with E-state index in [4.69, 9.17) is 0 Å². The minimum atomic E-state index is -0.230. The maximum absolute atomic E-state index is 13.2. The van der Waals surface area contributed by atoms with Crippen molar-refractivity contribution in [1.82, 2.24) is 19.7 Å². The number of aromatic amines is 1. The summed E-state index contributed by atoms with van der Waals surface area (Å²) in [6.07, 6.45) is 11.8. The Labute approximate surface area is 153 Å². The summed E-state index contributed by atoms with van der Waals surface area (Å²) in [5.74, 6) is -0.107. The molecule has 0 radical (unpaired) electrons. The zero-order valence-corrected chi connectivity index (χ0v) is 15.1. The van der Waals surface area contributed by atoms with Gasteiger partial charge in [0.25, 0.3) is 11.5 Å². The Balaban J connectivity index is 1.54. The number of aromatic nitrogens is 3. The number of hydrogen-bond donors (Lipinski definition) is 1. The molecule has 6 heteroatoms. The second-order valence-corrected chi connectivity index (χ2v) is 7.43. The van der Waals surface area contributed by atoms with E-state index in [0.717, 1.165) is 75.7 Å². The molecule has 1 atom stereocenters. The number of piperidine rings is 1. The summed E-state index contributed by atoms with van der Waals surface area (Å²) in [6, 6.07) is 3.95. The second-order valence-electron chi connectivity index (χ2n) is 7.43. The van der Waals surface area contributed by atoms with E-state index >= 15 is 0 Å². The van der Waals surface area contributed by atoms with Gasteiger partial charge in [-0.15, -0.1) is 0 Å². The summed E-state index contributed by atoms with van der Waals surface area (Å²) in [5, 5.41) is 4.25. The number of fused-ring (bicyclic) bond motifs is 1. The van der Waals surface area contributed by atoms with Crippen LogP contribution in [0.4, 0.5) is 0 Å². The number of nitrogens with zero attached hydrogens (tertiary/aromatic N) is 3. The standard InChI is InChI=1S/C20H26N4O2/c25-19-17(14-15-6-1-2-8-18(15)22-19)20(26)24-12-4-3-7-16(24)9-13-23-11-5-10-21-23/h5,10-11,14,16H,1-4,6-9,12-13H2,(H,22,25)/t16-/m1/s1. The lowest BCUT2D eigenvalue weighted by atomic mass is 9.94. The van der Waals surface area contributed by atoms with E-state index in [2.05, 4.69) is 10.1 Å². The molecule has 1 amide bonds. The molecule has 1 aliphatic carbocycles. The Kier molecular flexibility index (Phi) is 4.91. The quantitative estimate of drug-likeness (QED) is 0.917. The summed E-state index contributed by atoms with van der Waals surface area (Å²) in [4.78, 5) is 30.6. The molecule has 2 aromatic heterocycles. The van der Waals surface area contributed by atoms with E-state index in [1.165, 1.54) is 0 Å². The number of hydrogen-bond acceptors (Lipinski definition) is 3. The number of pyridine rings is 1. The van der Waals surface area contributed by atoms with Crippen molar-refractivity contribution in [2.75, 3.05) is 6.54 Å². The van der Waals surface area contributed by atoms with Crippen molar-refractivity contribution in [2.24, 2.45) is 0 Å². The fraction of sp³-hybridized carbons (Fsp3) is 0.550. The number of aryl methyl sites for hydroxylation is 3. The number of nitrogens with one attached hydrogen (secondary N) is 1. The highest BCUT2D eigenvalue weighted by molar-refractivity contribution is 5.94. The first-order valence-corrected chi connectivity index (χ1v) is 9.76. The minimum Gasteiger partial charge on any atom is -0.335 e. The Morgan fingerprint density at radius 2 is 2.12 bits per heavy atom. The predicted octanol–water partition coefficient (Wildman–Crippen LogP) is 2.54. The monoisotopic (exact) mass is 354 g/mol. The van der Waals surface area contributed by atoms with Gasteiger partial charge in [0.15, 0.2) is 0 Å². The molecular weight excluding hydrogens is 328 g/mol. The lowest BCUT2D eigenvalue weighted by Gasteiger charge is -2.36. The van der Waals surface area contributed by atoms with Crippen LogP contribution < -0.4 is 5.56 Å². The molecule has 26 heavy (non-hydrogen) atoms. The van der Waals surface area contributed by atoms with Gasteiger partial charge in [-0.2, -0.15) is 5.10 Å². The van der Waals surface area contributed by atoms with E-state index in [9.17, 15) is 9.59 Å². The zero-order valence-electron chi connectivity index (χ0n) is 15.1. The van der Waals surface area contributed by atoms with Gasteiger partial charge in [-0.3, -0.25) is 14.3 Å². The van der Waals surface area contributed by atoms with E-state index < -0.39 is 0 Å². The van der Waals surface area contributed by atoms with Gasteiger partial charge in [0.1, 0.15) is 5.56 Å². The highest BCUT2D eigenvalue weighted by atomic mass is 16.2. The molecule has 2 aliphatic rings. The summed E-state index contributed by atoms with van der Waals surface area (Å²) in [7, 11) is 0. The van der Waals surface area contributed by atoms with Crippen LogP contribution in [-0.4, -0.2) is 38.2 Å². The number of likely N-dealkylation sites (tertiary alicyclic amines) is 1. The lowest BCUT2D eigenvalue weighted by molar-refractivity contribution is 0.0592. The van der Waals surface area contributed by atoms with Crippen molar-refractivity contribution in [3.63, 3.8) is 0 Å². The molecule has 0 saturated carbocycles. The van der Waals surface area contributed by atoms with Gasteiger partial charge in [0, 0.05) is 37.2 Å². The molecule has 4 rings (SSSR count). The highest BCUT2D eigenvalue weighted by Crippen LogP contribution is 2.24. The van der Waals surface area contributed by atoms with Crippen LogP contribution >= 0.6 is 0 Å². The van der Waals surface area contributed by atoms with Crippen LogP contribution in [0.3, 0.4) is 0 Å². The van der Waals surface area contributed by atoms with Crippen molar-refractivity contribution in [2.45, 2.75) is 64.0 Å². The molecule has 3 heterocycles. The molecule has 1 N–H and O–H groups in total. The first-order valence-electron chi connectivity index (χ1n) is 9.76. The third-order valence-electron chi connectivity index (χ3n) is 5.71. The molecule has 0 spiro atoms. The zero-order chi connectivity index (χ0) is 17.9. The van der Waals surface area contributed by atoms with E-state index in [0.29, 0.717) is 5.56 Å². The van der Waals surface area contributed by atoms with E-state index in [1.807, 2.05) is 27.9 Å². The third-order valence-corrected chi connectivity index (χ3v) is 5.71. The predicted molar refractivity (Wildman–Crippen MR) is 99.2 cm³/mol. The van der Waals surface area contributed by atoms with Crippen LogP contribution in [0.25, 0.3) is 0 Å². The SMILES string of the molecule is O=C(c1cc2c([nH]c1=O)CCCC2)N1CCCC[C@@H]1CCn1cccn1. The van der Waals surface area contributed by atoms with Crippen LogP contribution in [0, 0.1) is 0 Å². The fourth-order valence-corrected chi connectivity index (χ4v) is 4.27. The molecule has 0 aromatic carbocycles. The Morgan fingerprint density at radius 3 is 2.96 bits per heavy atom. The molecule has 1 saturated heterocycles. The number of rotatable bonds is 4. The number of amides is 1. The minimum absolute atomic E-state index is 0.107. The molecule has 6 nitrogen and oxygen atoms in total. The van der Waals surface area contributed by atoms with Crippen molar-refractivity contribution < 1.29 is 4.79 Å². The van der Waals surface area contributed by atoms with Gasteiger partial charge in [-0.1, -0.05) is 0 Å². The number of carbonyl (C=O) groups is 1. The van der Waals surface area contributed by atoms with Crippen molar-refractivity contribution in [3.05, 3.63) is 51.7 Å². The van der Waals surface area contributed by atoms with Gasteiger partial charge >= 0.3 is 0 Å².